The van der Waals surface area contributed by atoms with Crippen molar-refractivity contribution >= 4 is 58.2 Å². The number of aromatic nitrogens is 1. The fraction of sp³-hybridized carbons (Fsp3) is 0.242. The Kier molecular flexibility index (Phi) is 10.2. The minimum atomic E-state index is -0.860. The molecular formula is C33H29Cl3N2O5S. The second-order valence-corrected chi connectivity index (χ2v) is 12.2. The molecule has 0 unspecified atom stereocenters. The molecule has 0 saturated carbocycles. The van der Waals surface area contributed by atoms with E-state index in [1.54, 1.807) is 43.3 Å². The molecule has 0 spiro atoms. The number of nitrogens with zero attached hydrogens (tertiary/aromatic N) is 2. The van der Waals surface area contributed by atoms with Gasteiger partial charge in [0.15, 0.2) is 4.80 Å². The summed E-state index contributed by atoms with van der Waals surface area (Å²) in [5, 5.41) is 1.48. The lowest BCUT2D eigenvalue weighted by atomic mass is 9.93. The van der Waals surface area contributed by atoms with Gasteiger partial charge in [0.1, 0.15) is 24.1 Å². The van der Waals surface area contributed by atoms with Gasteiger partial charge in [-0.25, -0.2) is 9.79 Å². The SMILES string of the molecule is CCCC1=C(C(=O)OCC)[C@@H](c2cc(Cl)ccc2OC)n2c(s/c(=C/c3ccccc3OCc3ccc(Cl)cc3Cl)c2=O)=N1. The second kappa shape index (κ2) is 14.0. The normalized spacial score (nSPS) is 14.7. The highest BCUT2D eigenvalue weighted by Gasteiger charge is 2.36. The molecule has 0 fully saturated rings. The zero-order valence-corrected chi connectivity index (χ0v) is 27.3. The summed E-state index contributed by atoms with van der Waals surface area (Å²) in [5.74, 6) is 0.505. The maximum Gasteiger partial charge on any atom is 0.338 e. The molecule has 2 heterocycles. The van der Waals surface area contributed by atoms with Crippen molar-refractivity contribution in [3.8, 4) is 11.5 Å². The molecule has 0 N–H and O–H groups in total. The number of ether oxygens (including phenoxy) is 3. The number of methoxy groups -OCH3 is 1. The van der Waals surface area contributed by atoms with Crippen molar-refractivity contribution in [2.24, 2.45) is 4.99 Å². The van der Waals surface area contributed by atoms with Gasteiger partial charge in [0, 0.05) is 31.8 Å². The molecule has 0 amide bonds. The van der Waals surface area contributed by atoms with Gasteiger partial charge in [0.05, 0.1) is 29.5 Å². The van der Waals surface area contributed by atoms with Crippen LogP contribution in [0.4, 0.5) is 0 Å². The first-order valence-electron chi connectivity index (χ1n) is 14.0. The van der Waals surface area contributed by atoms with Crippen LogP contribution in [-0.4, -0.2) is 24.3 Å². The molecule has 0 aliphatic carbocycles. The summed E-state index contributed by atoms with van der Waals surface area (Å²) in [5.41, 5.74) is 2.55. The van der Waals surface area contributed by atoms with Gasteiger partial charge < -0.3 is 14.2 Å². The third-order valence-corrected chi connectivity index (χ3v) is 8.79. The quantitative estimate of drug-likeness (QED) is 0.168. The Morgan fingerprint density at radius 3 is 2.50 bits per heavy atom. The molecule has 1 atom stereocenters. The minimum absolute atomic E-state index is 0.170. The van der Waals surface area contributed by atoms with Crippen LogP contribution in [0.25, 0.3) is 6.08 Å². The van der Waals surface area contributed by atoms with E-state index in [0.717, 1.165) is 12.0 Å². The maximum absolute atomic E-state index is 14.2. The van der Waals surface area contributed by atoms with E-state index in [0.29, 0.717) is 59.1 Å². The van der Waals surface area contributed by atoms with Crippen LogP contribution in [-0.2, 0) is 16.1 Å². The lowest BCUT2D eigenvalue weighted by Gasteiger charge is -2.27. The fourth-order valence-corrected chi connectivity index (χ4v) is 6.66. The van der Waals surface area contributed by atoms with Crippen molar-refractivity contribution in [2.75, 3.05) is 13.7 Å². The third kappa shape index (κ3) is 6.59. The average Bonchev–Trinajstić information content (AvgIpc) is 3.31. The lowest BCUT2D eigenvalue weighted by Crippen LogP contribution is -2.40. The van der Waals surface area contributed by atoms with Crippen LogP contribution < -0.4 is 24.4 Å². The number of allylic oxidation sites excluding steroid dienone is 1. The summed E-state index contributed by atoms with van der Waals surface area (Å²) < 4.78 is 19.2. The van der Waals surface area contributed by atoms with Crippen molar-refractivity contribution in [1.29, 1.82) is 0 Å². The zero-order chi connectivity index (χ0) is 31.4. The molecule has 4 aromatic rings. The van der Waals surface area contributed by atoms with Crippen LogP contribution in [0.2, 0.25) is 15.1 Å². The smallest absolute Gasteiger partial charge is 0.338 e. The molecule has 3 aromatic carbocycles. The average molecular weight is 672 g/mol. The standard InChI is InChI=1S/C33H29Cl3N2O5S/c1-4-8-25-29(32(40)42-5-2)30(23-16-21(34)13-14-27(23)41-3)38-31(39)28(44-33(38)37-25)15-19-9-6-7-10-26(19)43-18-20-11-12-22(35)17-24(20)36/h6-7,9-17,30H,4-5,8,18H2,1-3H3/b28-15+/t30-/m1/s1. The number of para-hydroxylation sites is 1. The van der Waals surface area contributed by atoms with Gasteiger partial charge in [-0.1, -0.05) is 83.7 Å². The predicted molar refractivity (Wildman–Crippen MR) is 175 cm³/mol. The molecule has 44 heavy (non-hydrogen) atoms. The van der Waals surface area contributed by atoms with Gasteiger partial charge in [0.25, 0.3) is 5.56 Å². The third-order valence-electron chi connectivity index (χ3n) is 6.98. The van der Waals surface area contributed by atoms with Crippen LogP contribution in [0.3, 0.4) is 0 Å². The van der Waals surface area contributed by atoms with Gasteiger partial charge in [-0.3, -0.25) is 9.36 Å². The summed E-state index contributed by atoms with van der Waals surface area (Å²) in [6.45, 7) is 4.12. The zero-order valence-electron chi connectivity index (χ0n) is 24.2. The number of benzene rings is 3. The van der Waals surface area contributed by atoms with E-state index in [4.69, 9.17) is 54.0 Å². The Balaban J connectivity index is 1.67. The van der Waals surface area contributed by atoms with Gasteiger partial charge in [-0.05, 0) is 55.8 Å². The predicted octanol–water partition coefficient (Wildman–Crippen LogP) is 7.13. The van der Waals surface area contributed by atoms with Gasteiger partial charge in [0.2, 0.25) is 0 Å². The Labute approximate surface area is 273 Å². The summed E-state index contributed by atoms with van der Waals surface area (Å²) in [6.07, 6.45) is 3.02. The van der Waals surface area contributed by atoms with Gasteiger partial charge >= 0.3 is 5.97 Å². The molecule has 0 radical (unpaired) electrons. The number of carbonyl (C=O) groups excluding carboxylic acids is 1. The monoisotopic (exact) mass is 670 g/mol. The number of halogens is 3. The van der Waals surface area contributed by atoms with Crippen LogP contribution in [0.15, 0.2) is 81.7 Å². The van der Waals surface area contributed by atoms with Crippen molar-refractivity contribution in [3.63, 3.8) is 0 Å². The highest BCUT2D eigenvalue weighted by Crippen LogP contribution is 2.38. The van der Waals surface area contributed by atoms with Crippen molar-refractivity contribution in [3.05, 3.63) is 123 Å². The van der Waals surface area contributed by atoms with Crippen LogP contribution in [0, 0.1) is 0 Å². The summed E-state index contributed by atoms with van der Waals surface area (Å²) in [6, 6.07) is 16.9. The first-order chi connectivity index (χ1) is 21.2. The highest BCUT2D eigenvalue weighted by molar-refractivity contribution is 7.07. The number of fused-ring (bicyclic) bond motifs is 1. The number of hydrogen-bond acceptors (Lipinski definition) is 7. The fourth-order valence-electron chi connectivity index (χ4n) is 5.00. The largest absolute Gasteiger partial charge is 0.496 e. The Hall–Kier alpha value is -3.56. The highest BCUT2D eigenvalue weighted by atomic mass is 35.5. The van der Waals surface area contributed by atoms with Crippen molar-refractivity contribution < 1.29 is 19.0 Å². The molecule has 0 saturated heterocycles. The van der Waals surface area contributed by atoms with E-state index in [1.165, 1.54) is 23.0 Å². The minimum Gasteiger partial charge on any atom is -0.496 e. The molecule has 1 aliphatic heterocycles. The molecule has 7 nitrogen and oxygen atoms in total. The van der Waals surface area contributed by atoms with E-state index in [2.05, 4.69) is 0 Å². The number of thiazole rings is 1. The van der Waals surface area contributed by atoms with Gasteiger partial charge in [-0.2, -0.15) is 0 Å². The number of carbonyl (C=O) groups is 1. The summed E-state index contributed by atoms with van der Waals surface area (Å²) in [4.78, 5) is 33.0. The molecule has 1 aliphatic rings. The molecular weight excluding hydrogens is 643 g/mol. The molecule has 11 heteroatoms. The summed E-state index contributed by atoms with van der Waals surface area (Å²) >= 11 is 20.1. The van der Waals surface area contributed by atoms with Crippen LogP contribution >= 0.6 is 46.1 Å². The Morgan fingerprint density at radius 1 is 1.02 bits per heavy atom. The van der Waals surface area contributed by atoms with E-state index < -0.39 is 12.0 Å². The van der Waals surface area contributed by atoms with E-state index in [1.807, 2.05) is 37.3 Å². The Morgan fingerprint density at radius 2 is 1.77 bits per heavy atom. The van der Waals surface area contributed by atoms with E-state index in [9.17, 15) is 9.59 Å². The lowest BCUT2D eigenvalue weighted by molar-refractivity contribution is -0.139. The number of rotatable bonds is 10. The van der Waals surface area contributed by atoms with E-state index >= 15 is 0 Å². The number of esters is 1. The molecule has 5 rings (SSSR count). The van der Waals surface area contributed by atoms with Crippen molar-refractivity contribution in [1.82, 2.24) is 4.57 Å². The first kappa shape index (κ1) is 31.9. The van der Waals surface area contributed by atoms with Crippen LogP contribution in [0.5, 0.6) is 11.5 Å². The number of hydrogen-bond donors (Lipinski definition) is 0. The molecule has 1 aromatic heterocycles. The van der Waals surface area contributed by atoms with E-state index in [-0.39, 0.29) is 24.3 Å². The topological polar surface area (TPSA) is 79.1 Å². The molecule has 0 bridgehead atoms. The molecule has 228 valence electrons. The van der Waals surface area contributed by atoms with Crippen LogP contribution in [0.1, 0.15) is 49.4 Å². The summed E-state index contributed by atoms with van der Waals surface area (Å²) in [7, 11) is 1.53. The first-order valence-corrected chi connectivity index (χ1v) is 15.9. The second-order valence-electron chi connectivity index (χ2n) is 9.86. The van der Waals surface area contributed by atoms with Gasteiger partial charge in [-0.15, -0.1) is 0 Å². The Bertz CT molecular complexity index is 1930. The van der Waals surface area contributed by atoms with Crippen molar-refractivity contribution in [2.45, 2.75) is 39.3 Å². The maximum atomic E-state index is 14.2.